The van der Waals surface area contributed by atoms with Crippen LogP contribution in [0, 0.1) is 11.3 Å². The van der Waals surface area contributed by atoms with Crippen LogP contribution in [0.2, 0.25) is 0 Å². The van der Waals surface area contributed by atoms with Gasteiger partial charge in [0.05, 0.1) is 17.3 Å². The third-order valence-corrected chi connectivity index (χ3v) is 5.79. The van der Waals surface area contributed by atoms with Gasteiger partial charge < -0.3 is 9.80 Å². The highest BCUT2D eigenvalue weighted by Crippen LogP contribution is 2.26. The van der Waals surface area contributed by atoms with Gasteiger partial charge in [-0.1, -0.05) is 18.2 Å². The maximum atomic E-state index is 13.2. The normalized spacial score (nSPS) is 18.9. The fraction of sp³-hybridized carbons (Fsp3) is 0.333. The molecule has 0 aliphatic carbocycles. The number of carbonyl (C=O) groups is 2. The average Bonchev–Trinajstić information content (AvgIpc) is 3.11. The molecule has 2 aromatic carbocycles. The molecule has 0 saturated carbocycles. The van der Waals surface area contributed by atoms with Crippen molar-refractivity contribution in [3.63, 3.8) is 0 Å². The zero-order valence-electron chi connectivity index (χ0n) is 17.6. The number of benzene rings is 2. The van der Waals surface area contributed by atoms with Crippen LogP contribution >= 0.6 is 0 Å². The van der Waals surface area contributed by atoms with Crippen molar-refractivity contribution in [1.29, 1.82) is 5.26 Å². The third kappa shape index (κ3) is 4.43. The largest absolute Gasteiger partial charge is 0.370 e. The number of para-hydroxylation sites is 1. The highest BCUT2D eigenvalue weighted by atomic mass is 16.2. The molecule has 1 amide bonds. The van der Waals surface area contributed by atoms with Crippen LogP contribution < -0.4 is 9.91 Å². The van der Waals surface area contributed by atoms with Crippen LogP contribution in [0.15, 0.2) is 59.7 Å². The number of hydrogen-bond acceptors (Lipinski definition) is 6. The minimum atomic E-state index is -0.441. The predicted octanol–water partition coefficient (Wildman–Crippen LogP) is 2.82. The Morgan fingerprint density at radius 1 is 0.968 bits per heavy atom. The van der Waals surface area contributed by atoms with Crippen molar-refractivity contribution in [2.75, 3.05) is 36.1 Å². The van der Waals surface area contributed by atoms with Gasteiger partial charge in [0.15, 0.2) is 5.78 Å². The minimum absolute atomic E-state index is 0.00161. The summed E-state index contributed by atoms with van der Waals surface area (Å²) in [5.41, 5.74) is 2.94. The Bertz CT molecular complexity index is 1030. The molecule has 1 saturated heterocycles. The van der Waals surface area contributed by atoms with E-state index in [-0.39, 0.29) is 11.7 Å². The Morgan fingerprint density at radius 2 is 1.71 bits per heavy atom. The summed E-state index contributed by atoms with van der Waals surface area (Å²) in [6.45, 7) is 4.34. The molecular formula is C24H25N5O2. The van der Waals surface area contributed by atoms with Crippen molar-refractivity contribution in [2.45, 2.75) is 25.8 Å². The molecule has 0 spiro atoms. The Balaban J connectivity index is 1.46. The number of nitrogens with zero attached hydrogens (tertiary/aromatic N) is 5. The molecule has 7 nitrogen and oxygen atoms in total. The summed E-state index contributed by atoms with van der Waals surface area (Å²) in [4.78, 5) is 29.5. The number of amides is 1. The molecule has 1 fully saturated rings. The lowest BCUT2D eigenvalue weighted by Gasteiger charge is -2.23. The van der Waals surface area contributed by atoms with E-state index in [9.17, 15) is 9.59 Å². The first kappa shape index (κ1) is 20.6. The second kappa shape index (κ2) is 9.00. The molecule has 31 heavy (non-hydrogen) atoms. The number of rotatable bonds is 4. The van der Waals surface area contributed by atoms with Crippen LogP contribution in [-0.2, 0) is 9.59 Å². The number of carbonyl (C=O) groups excluding carboxylic acids is 2. The maximum absolute atomic E-state index is 13.2. The third-order valence-electron chi connectivity index (χ3n) is 5.79. The molecule has 4 rings (SSSR count). The van der Waals surface area contributed by atoms with E-state index >= 15 is 0 Å². The van der Waals surface area contributed by atoms with Crippen LogP contribution in [0.3, 0.4) is 0 Å². The van der Waals surface area contributed by atoms with Gasteiger partial charge in [0.1, 0.15) is 11.8 Å². The number of hydrogen-bond donors (Lipinski definition) is 0. The number of anilines is 2. The molecule has 0 bridgehead atoms. The summed E-state index contributed by atoms with van der Waals surface area (Å²) in [5, 5.41) is 15.2. The van der Waals surface area contributed by atoms with E-state index in [1.807, 2.05) is 59.5 Å². The molecule has 0 N–H and O–H groups in total. The summed E-state index contributed by atoms with van der Waals surface area (Å²) in [5.74, 6) is -0.0929. The first-order chi connectivity index (χ1) is 15.1. The lowest BCUT2D eigenvalue weighted by molar-refractivity contribution is -0.124. The van der Waals surface area contributed by atoms with Crippen molar-refractivity contribution in [3.8, 4) is 6.07 Å². The lowest BCUT2D eigenvalue weighted by Crippen LogP contribution is -2.39. The lowest BCUT2D eigenvalue weighted by atomic mass is 10.1. The predicted molar refractivity (Wildman–Crippen MR) is 120 cm³/mol. The number of Topliss-reactive ketones (excluding diaryl/α,β-unsaturated/α-hetero) is 1. The Morgan fingerprint density at radius 3 is 2.39 bits per heavy atom. The van der Waals surface area contributed by atoms with Gasteiger partial charge in [-0.15, -0.1) is 0 Å². The van der Waals surface area contributed by atoms with E-state index in [1.54, 1.807) is 11.9 Å². The summed E-state index contributed by atoms with van der Waals surface area (Å²) in [7, 11) is 0. The zero-order chi connectivity index (χ0) is 21.8. The van der Waals surface area contributed by atoms with Gasteiger partial charge in [-0.3, -0.25) is 14.6 Å². The van der Waals surface area contributed by atoms with Crippen LogP contribution in [0.1, 0.15) is 25.3 Å². The molecule has 0 aromatic heterocycles. The standard InChI is InChI=1S/C24H25N5O2/c1-18(30)23-16-22(26-29(23)21-6-3-2-4-7-21)24(31)28-13-5-12-27(14-15-28)20-10-8-19(17-25)9-11-20/h2-4,6-11,23H,5,12-16H2,1H3. The number of hydrazone groups is 1. The Hall–Kier alpha value is -3.66. The number of ketones is 1. The van der Waals surface area contributed by atoms with E-state index in [4.69, 9.17) is 5.26 Å². The highest BCUT2D eigenvalue weighted by molar-refractivity contribution is 6.40. The van der Waals surface area contributed by atoms with E-state index in [0.29, 0.717) is 37.3 Å². The summed E-state index contributed by atoms with van der Waals surface area (Å²) in [6.07, 6.45) is 1.18. The van der Waals surface area contributed by atoms with E-state index in [1.165, 1.54) is 0 Å². The van der Waals surface area contributed by atoms with Crippen LogP contribution in [0.5, 0.6) is 0 Å². The first-order valence-electron chi connectivity index (χ1n) is 10.5. The zero-order valence-corrected chi connectivity index (χ0v) is 17.6. The van der Waals surface area contributed by atoms with Gasteiger partial charge in [-0.05, 0) is 49.7 Å². The second-order valence-corrected chi connectivity index (χ2v) is 7.85. The smallest absolute Gasteiger partial charge is 0.270 e. The molecular weight excluding hydrogens is 390 g/mol. The number of nitriles is 1. The van der Waals surface area contributed by atoms with Gasteiger partial charge in [-0.2, -0.15) is 10.4 Å². The maximum Gasteiger partial charge on any atom is 0.270 e. The topological polar surface area (TPSA) is 80.0 Å². The quantitative estimate of drug-likeness (QED) is 0.767. The van der Waals surface area contributed by atoms with Gasteiger partial charge >= 0.3 is 0 Å². The van der Waals surface area contributed by atoms with Gasteiger partial charge in [0.2, 0.25) is 0 Å². The molecule has 2 aliphatic heterocycles. The Kier molecular flexibility index (Phi) is 5.99. The van der Waals surface area contributed by atoms with Crippen molar-refractivity contribution >= 4 is 28.8 Å². The van der Waals surface area contributed by atoms with Crippen LogP contribution in [0.25, 0.3) is 0 Å². The van der Waals surface area contributed by atoms with Crippen LogP contribution in [-0.4, -0.2) is 54.5 Å². The van der Waals surface area contributed by atoms with Gasteiger partial charge in [0, 0.05) is 38.3 Å². The van der Waals surface area contributed by atoms with Crippen molar-refractivity contribution < 1.29 is 9.59 Å². The second-order valence-electron chi connectivity index (χ2n) is 7.85. The van der Waals surface area contributed by atoms with Crippen LogP contribution in [0.4, 0.5) is 11.4 Å². The van der Waals surface area contributed by atoms with E-state index < -0.39 is 6.04 Å². The summed E-state index contributed by atoms with van der Waals surface area (Å²) < 4.78 is 0. The molecule has 1 unspecified atom stereocenters. The Labute approximate surface area is 182 Å². The minimum Gasteiger partial charge on any atom is -0.370 e. The average molecular weight is 415 g/mol. The molecule has 1 atom stereocenters. The van der Waals surface area contributed by atoms with E-state index in [0.717, 1.165) is 24.3 Å². The SMILES string of the molecule is CC(=O)C1CC(C(=O)N2CCCN(c3ccc(C#N)cc3)CC2)=NN1c1ccccc1. The molecule has 7 heteroatoms. The summed E-state index contributed by atoms with van der Waals surface area (Å²) >= 11 is 0. The monoisotopic (exact) mass is 415 g/mol. The van der Waals surface area contributed by atoms with Gasteiger partial charge in [-0.25, -0.2) is 0 Å². The fourth-order valence-corrected chi connectivity index (χ4v) is 4.08. The summed E-state index contributed by atoms with van der Waals surface area (Å²) in [6, 6.07) is 18.7. The fourth-order valence-electron chi connectivity index (χ4n) is 4.08. The molecule has 2 aliphatic rings. The first-order valence-corrected chi connectivity index (χ1v) is 10.5. The van der Waals surface area contributed by atoms with Crippen molar-refractivity contribution in [3.05, 3.63) is 60.2 Å². The van der Waals surface area contributed by atoms with Gasteiger partial charge in [0.25, 0.3) is 5.91 Å². The van der Waals surface area contributed by atoms with Crippen molar-refractivity contribution in [1.82, 2.24) is 4.90 Å². The van der Waals surface area contributed by atoms with Crippen molar-refractivity contribution in [2.24, 2.45) is 5.10 Å². The molecule has 2 heterocycles. The molecule has 158 valence electrons. The highest BCUT2D eigenvalue weighted by Gasteiger charge is 2.36. The molecule has 0 radical (unpaired) electrons. The molecule has 2 aromatic rings. The van der Waals surface area contributed by atoms with E-state index in [2.05, 4.69) is 16.1 Å².